The number of hydrogen-bond acceptors (Lipinski definition) is 7. The molecule has 1 aromatic carbocycles. The molecule has 1 heterocycles. The van der Waals surface area contributed by atoms with Crippen molar-refractivity contribution in [3.8, 4) is 11.5 Å². The second kappa shape index (κ2) is 5.89. The Morgan fingerprint density at radius 2 is 2.15 bits per heavy atom. The monoisotopic (exact) mass is 279 g/mol. The number of nitro groups is 1. The highest BCUT2D eigenvalue weighted by Gasteiger charge is 2.19. The van der Waals surface area contributed by atoms with Gasteiger partial charge < -0.3 is 14.3 Å². The molecule has 0 saturated carbocycles. The number of nitrogens with zero attached hydrogens (tertiary/aromatic N) is 3. The van der Waals surface area contributed by atoms with Crippen molar-refractivity contribution in [2.24, 2.45) is 0 Å². The first-order valence-corrected chi connectivity index (χ1v) is 5.43. The topological polar surface area (TPSA) is 129 Å². The van der Waals surface area contributed by atoms with Crippen LogP contribution in [0, 0.1) is 10.1 Å². The van der Waals surface area contributed by atoms with Crippen molar-refractivity contribution in [1.29, 1.82) is 0 Å². The largest absolute Gasteiger partial charge is 0.480 e. The Balaban J connectivity index is 2.16. The number of ether oxygens (including phenoxy) is 1. The summed E-state index contributed by atoms with van der Waals surface area (Å²) in [7, 11) is 0. The molecule has 0 saturated heterocycles. The van der Waals surface area contributed by atoms with Crippen molar-refractivity contribution < 1.29 is 24.0 Å². The molecule has 9 nitrogen and oxygen atoms in total. The number of nitro benzene ring substituents is 1. The number of carboxylic acid groups (broad SMARTS) is 1. The smallest absolute Gasteiger partial charge is 0.329 e. The molecule has 0 bridgehead atoms. The van der Waals surface area contributed by atoms with Crippen LogP contribution in [0.4, 0.5) is 5.69 Å². The van der Waals surface area contributed by atoms with Gasteiger partial charge in [0.15, 0.2) is 0 Å². The fourth-order valence-corrected chi connectivity index (χ4v) is 1.46. The first-order valence-electron chi connectivity index (χ1n) is 5.43. The molecule has 2 aromatic rings. The van der Waals surface area contributed by atoms with Gasteiger partial charge >= 0.3 is 5.97 Å². The normalized spacial score (nSPS) is 10.4. The molecule has 0 amide bonds. The van der Waals surface area contributed by atoms with Crippen molar-refractivity contribution in [2.45, 2.75) is 6.61 Å². The van der Waals surface area contributed by atoms with E-state index in [9.17, 15) is 14.9 Å². The molecule has 0 atom stereocenters. The number of benzene rings is 1. The van der Waals surface area contributed by atoms with Gasteiger partial charge in [0.1, 0.15) is 18.8 Å². The average Bonchev–Trinajstić information content (AvgIpc) is 2.87. The van der Waals surface area contributed by atoms with Crippen molar-refractivity contribution in [3.05, 3.63) is 40.3 Å². The summed E-state index contributed by atoms with van der Waals surface area (Å²) < 4.78 is 9.98. The molecule has 20 heavy (non-hydrogen) atoms. The number of carboxylic acids is 1. The fourth-order valence-electron chi connectivity index (χ4n) is 1.46. The number of para-hydroxylation sites is 1. The minimum absolute atomic E-state index is 0.0220. The van der Waals surface area contributed by atoms with E-state index in [1.54, 1.807) is 6.07 Å². The van der Waals surface area contributed by atoms with Crippen LogP contribution in [0.5, 0.6) is 0 Å². The van der Waals surface area contributed by atoms with Crippen molar-refractivity contribution in [3.63, 3.8) is 0 Å². The highest BCUT2D eigenvalue weighted by Crippen LogP contribution is 2.28. The van der Waals surface area contributed by atoms with Gasteiger partial charge in [-0.2, -0.15) is 0 Å². The van der Waals surface area contributed by atoms with E-state index in [0.29, 0.717) is 0 Å². The second-order valence-corrected chi connectivity index (χ2v) is 3.66. The molecule has 0 radical (unpaired) electrons. The van der Waals surface area contributed by atoms with Crippen LogP contribution in [-0.2, 0) is 16.1 Å². The van der Waals surface area contributed by atoms with Crippen LogP contribution in [0.3, 0.4) is 0 Å². The van der Waals surface area contributed by atoms with Gasteiger partial charge in [-0.1, -0.05) is 12.1 Å². The average molecular weight is 279 g/mol. The Morgan fingerprint density at radius 1 is 1.40 bits per heavy atom. The highest BCUT2D eigenvalue weighted by molar-refractivity contribution is 5.68. The summed E-state index contributed by atoms with van der Waals surface area (Å²) in [6.45, 7) is -0.677. The number of hydrogen-bond donors (Lipinski definition) is 1. The van der Waals surface area contributed by atoms with Gasteiger partial charge in [-0.25, -0.2) is 4.79 Å². The van der Waals surface area contributed by atoms with Crippen LogP contribution < -0.4 is 0 Å². The third-order valence-corrected chi connectivity index (χ3v) is 2.25. The van der Waals surface area contributed by atoms with Gasteiger partial charge in [-0.05, 0) is 6.07 Å². The molecule has 0 aliphatic carbocycles. The van der Waals surface area contributed by atoms with E-state index >= 15 is 0 Å². The number of aliphatic carboxylic acids is 1. The molecule has 104 valence electrons. The van der Waals surface area contributed by atoms with Crippen LogP contribution in [0.2, 0.25) is 0 Å². The highest BCUT2D eigenvalue weighted by atomic mass is 16.6. The number of rotatable bonds is 6. The van der Waals surface area contributed by atoms with Crippen molar-refractivity contribution >= 4 is 11.7 Å². The Morgan fingerprint density at radius 3 is 2.85 bits per heavy atom. The number of aromatic nitrogens is 2. The van der Waals surface area contributed by atoms with Crippen LogP contribution in [0.25, 0.3) is 11.5 Å². The second-order valence-electron chi connectivity index (χ2n) is 3.66. The van der Waals surface area contributed by atoms with E-state index < -0.39 is 17.5 Å². The quantitative estimate of drug-likeness (QED) is 0.617. The lowest BCUT2D eigenvalue weighted by Gasteiger charge is -1.97. The van der Waals surface area contributed by atoms with Crippen molar-refractivity contribution in [2.75, 3.05) is 6.61 Å². The lowest BCUT2D eigenvalue weighted by molar-refractivity contribution is -0.384. The van der Waals surface area contributed by atoms with Crippen molar-refractivity contribution in [1.82, 2.24) is 10.2 Å². The summed E-state index contributed by atoms with van der Waals surface area (Å²) in [5.41, 5.74) is 0.0311. The van der Waals surface area contributed by atoms with E-state index in [1.165, 1.54) is 18.2 Å². The SMILES string of the molecule is O=C(O)COCc1nnc(-c2ccccc2[N+](=O)[O-])o1. The minimum Gasteiger partial charge on any atom is -0.480 e. The third kappa shape index (κ3) is 3.14. The van der Waals surface area contributed by atoms with E-state index in [4.69, 9.17) is 14.3 Å². The molecule has 0 unspecified atom stereocenters. The summed E-state index contributed by atoms with van der Waals surface area (Å²) in [5.74, 6) is -1.10. The number of carbonyl (C=O) groups is 1. The van der Waals surface area contributed by atoms with Gasteiger partial charge in [0.25, 0.3) is 11.6 Å². The molecule has 0 aliphatic heterocycles. The van der Waals surface area contributed by atoms with E-state index in [0.717, 1.165) is 0 Å². The predicted molar refractivity (Wildman–Crippen MR) is 63.7 cm³/mol. The Hall–Kier alpha value is -2.81. The standard InChI is InChI=1S/C11H9N3O6/c15-10(16)6-19-5-9-12-13-11(20-9)7-3-1-2-4-8(7)14(17)18/h1-4H,5-6H2,(H,15,16). The summed E-state index contributed by atoms with van der Waals surface area (Å²) in [6, 6.07) is 5.93. The first-order chi connectivity index (χ1) is 9.58. The van der Waals surface area contributed by atoms with Crippen LogP contribution in [-0.4, -0.2) is 32.8 Å². The minimum atomic E-state index is -1.12. The third-order valence-electron chi connectivity index (χ3n) is 2.25. The van der Waals surface area contributed by atoms with E-state index in [1.807, 2.05) is 0 Å². The molecule has 0 fully saturated rings. The molecule has 9 heteroatoms. The zero-order valence-corrected chi connectivity index (χ0v) is 10.1. The zero-order chi connectivity index (χ0) is 14.5. The van der Waals surface area contributed by atoms with Gasteiger partial charge in [0.05, 0.1) is 4.92 Å². The predicted octanol–water partition coefficient (Wildman–Crippen LogP) is 1.25. The summed E-state index contributed by atoms with van der Waals surface area (Å²) in [5, 5.41) is 26.6. The molecule has 2 rings (SSSR count). The van der Waals surface area contributed by atoms with E-state index in [2.05, 4.69) is 10.2 Å². The van der Waals surface area contributed by atoms with Crippen LogP contribution >= 0.6 is 0 Å². The maximum Gasteiger partial charge on any atom is 0.329 e. The van der Waals surface area contributed by atoms with Gasteiger partial charge in [0.2, 0.25) is 5.89 Å². The zero-order valence-electron chi connectivity index (χ0n) is 10.1. The van der Waals surface area contributed by atoms with Gasteiger partial charge in [-0.15, -0.1) is 10.2 Å². The summed E-state index contributed by atoms with van der Waals surface area (Å²) in [6.07, 6.45) is 0. The molecule has 0 spiro atoms. The maximum atomic E-state index is 10.9. The molecular weight excluding hydrogens is 270 g/mol. The van der Waals surface area contributed by atoms with Crippen LogP contribution in [0.15, 0.2) is 28.7 Å². The Labute approximate surface area is 112 Å². The first kappa shape index (κ1) is 13.6. The lowest BCUT2D eigenvalue weighted by Crippen LogP contribution is -2.06. The Kier molecular flexibility index (Phi) is 4.01. The lowest BCUT2D eigenvalue weighted by atomic mass is 10.2. The summed E-state index contributed by atoms with van der Waals surface area (Å²) in [4.78, 5) is 20.6. The fraction of sp³-hybridized carbons (Fsp3) is 0.182. The Bertz CT molecular complexity index is 639. The van der Waals surface area contributed by atoms with Gasteiger partial charge in [0, 0.05) is 6.07 Å². The molecule has 1 aromatic heterocycles. The maximum absolute atomic E-state index is 10.9. The van der Waals surface area contributed by atoms with E-state index in [-0.39, 0.29) is 29.6 Å². The molecule has 0 aliphatic rings. The molecule has 1 N–H and O–H groups in total. The van der Waals surface area contributed by atoms with Crippen LogP contribution in [0.1, 0.15) is 5.89 Å². The summed E-state index contributed by atoms with van der Waals surface area (Å²) >= 11 is 0. The molecular formula is C11H9N3O6. The van der Waals surface area contributed by atoms with Gasteiger partial charge in [-0.3, -0.25) is 10.1 Å².